The highest BCUT2D eigenvalue weighted by Gasteiger charge is 2.30. The SMILES string of the molecule is COc1ccccc1N(C)S(=O)(=O)c1ccc(C(=O)NC(C)c2ccc(C(F)(F)F)cc2)cc1. The quantitative estimate of drug-likeness (QED) is 0.502. The van der Waals surface area contributed by atoms with E-state index in [2.05, 4.69) is 5.32 Å². The third-order valence-corrected chi connectivity index (χ3v) is 7.07. The lowest BCUT2D eigenvalue weighted by Gasteiger charge is -2.21. The minimum absolute atomic E-state index is 0.0201. The summed E-state index contributed by atoms with van der Waals surface area (Å²) in [5, 5.41) is 2.70. The largest absolute Gasteiger partial charge is 0.495 e. The second kappa shape index (κ2) is 9.76. The number of hydrogen-bond donors (Lipinski definition) is 1. The molecule has 0 saturated heterocycles. The number of amides is 1. The van der Waals surface area contributed by atoms with Crippen molar-refractivity contribution < 1.29 is 31.1 Å². The summed E-state index contributed by atoms with van der Waals surface area (Å²) in [6.07, 6.45) is -4.44. The fourth-order valence-electron chi connectivity index (χ4n) is 3.28. The number of hydrogen-bond acceptors (Lipinski definition) is 4. The van der Waals surface area contributed by atoms with Crippen molar-refractivity contribution in [2.24, 2.45) is 0 Å². The van der Waals surface area contributed by atoms with E-state index in [1.54, 1.807) is 31.2 Å². The van der Waals surface area contributed by atoms with Crippen LogP contribution in [0.25, 0.3) is 0 Å². The maximum atomic E-state index is 13.0. The topological polar surface area (TPSA) is 75.7 Å². The van der Waals surface area contributed by atoms with Gasteiger partial charge in [-0.05, 0) is 61.0 Å². The van der Waals surface area contributed by atoms with Gasteiger partial charge in [-0.2, -0.15) is 13.2 Å². The Morgan fingerprint density at radius 3 is 2.12 bits per heavy atom. The molecule has 1 unspecified atom stereocenters. The van der Waals surface area contributed by atoms with Crippen molar-refractivity contribution >= 4 is 21.6 Å². The average molecular weight is 493 g/mol. The molecule has 0 radical (unpaired) electrons. The summed E-state index contributed by atoms with van der Waals surface area (Å²) < 4.78 is 70.6. The van der Waals surface area contributed by atoms with Crippen LogP contribution in [0, 0.1) is 0 Å². The number of anilines is 1. The Morgan fingerprint density at radius 2 is 1.56 bits per heavy atom. The highest BCUT2D eigenvalue weighted by molar-refractivity contribution is 7.92. The van der Waals surface area contributed by atoms with E-state index in [4.69, 9.17) is 4.74 Å². The van der Waals surface area contributed by atoms with Gasteiger partial charge in [0.15, 0.2) is 0 Å². The van der Waals surface area contributed by atoms with Crippen molar-refractivity contribution in [1.29, 1.82) is 0 Å². The van der Waals surface area contributed by atoms with Gasteiger partial charge < -0.3 is 10.1 Å². The minimum Gasteiger partial charge on any atom is -0.495 e. The van der Waals surface area contributed by atoms with E-state index in [1.807, 2.05) is 0 Å². The van der Waals surface area contributed by atoms with Gasteiger partial charge in [0.25, 0.3) is 15.9 Å². The zero-order valence-electron chi connectivity index (χ0n) is 18.6. The fourth-order valence-corrected chi connectivity index (χ4v) is 4.49. The molecule has 0 spiro atoms. The molecule has 3 aromatic carbocycles. The van der Waals surface area contributed by atoms with Gasteiger partial charge in [-0.1, -0.05) is 24.3 Å². The first-order valence-electron chi connectivity index (χ1n) is 10.1. The average Bonchev–Trinajstić information content (AvgIpc) is 2.83. The molecule has 1 atom stereocenters. The predicted octanol–water partition coefficient (Wildman–Crippen LogP) is 5.03. The zero-order valence-corrected chi connectivity index (χ0v) is 19.4. The van der Waals surface area contributed by atoms with E-state index in [0.717, 1.165) is 16.4 Å². The van der Waals surface area contributed by atoms with E-state index in [0.29, 0.717) is 17.0 Å². The molecular weight excluding hydrogens is 469 g/mol. The number of carbonyl (C=O) groups excluding carboxylic acids is 1. The Kier molecular flexibility index (Phi) is 7.21. The predicted molar refractivity (Wildman–Crippen MR) is 122 cm³/mol. The maximum Gasteiger partial charge on any atom is 0.416 e. The zero-order chi connectivity index (χ0) is 25.1. The molecule has 1 N–H and O–H groups in total. The molecule has 0 fully saturated rings. The van der Waals surface area contributed by atoms with Crippen molar-refractivity contribution in [3.63, 3.8) is 0 Å². The Hall–Kier alpha value is -3.53. The third kappa shape index (κ3) is 5.33. The first-order valence-corrected chi connectivity index (χ1v) is 11.6. The number of para-hydroxylation sites is 2. The Balaban J connectivity index is 1.73. The number of methoxy groups -OCH3 is 1. The monoisotopic (exact) mass is 492 g/mol. The van der Waals surface area contributed by atoms with Crippen LogP contribution in [0.4, 0.5) is 18.9 Å². The maximum absolute atomic E-state index is 13.0. The second-order valence-electron chi connectivity index (χ2n) is 7.48. The molecule has 0 aliphatic carbocycles. The van der Waals surface area contributed by atoms with E-state index >= 15 is 0 Å². The number of alkyl halides is 3. The molecule has 10 heteroatoms. The van der Waals surface area contributed by atoms with Gasteiger partial charge in [-0.15, -0.1) is 0 Å². The van der Waals surface area contributed by atoms with Gasteiger partial charge in [-0.25, -0.2) is 8.42 Å². The number of benzene rings is 3. The molecule has 0 aliphatic heterocycles. The Labute approximate surface area is 196 Å². The molecule has 1 amide bonds. The molecule has 0 saturated carbocycles. The van der Waals surface area contributed by atoms with Crippen LogP contribution in [-0.4, -0.2) is 28.5 Å². The van der Waals surface area contributed by atoms with Crippen LogP contribution in [0.15, 0.2) is 77.7 Å². The van der Waals surface area contributed by atoms with Crippen LogP contribution in [-0.2, 0) is 16.2 Å². The lowest BCUT2D eigenvalue weighted by atomic mass is 10.1. The number of nitrogens with zero attached hydrogens (tertiary/aromatic N) is 1. The van der Waals surface area contributed by atoms with Gasteiger partial charge in [0.05, 0.1) is 29.3 Å². The standard InChI is InChI=1S/C24H23F3N2O4S/c1-16(17-8-12-19(13-9-17)24(25,26)27)28-23(30)18-10-14-20(15-11-18)34(31,32)29(2)21-6-4-5-7-22(21)33-3/h4-16H,1-3H3,(H,28,30). The summed E-state index contributed by atoms with van der Waals surface area (Å²) in [4.78, 5) is 12.6. The molecule has 3 aromatic rings. The molecule has 0 bridgehead atoms. The van der Waals surface area contributed by atoms with Gasteiger partial charge in [0.2, 0.25) is 0 Å². The summed E-state index contributed by atoms with van der Waals surface area (Å²) in [5.41, 5.74) is 0.290. The van der Waals surface area contributed by atoms with Crippen molar-refractivity contribution in [3.8, 4) is 5.75 Å². The summed E-state index contributed by atoms with van der Waals surface area (Å²) in [6.45, 7) is 1.64. The van der Waals surface area contributed by atoms with E-state index < -0.39 is 33.7 Å². The number of nitrogens with one attached hydrogen (secondary N) is 1. The van der Waals surface area contributed by atoms with Crippen LogP contribution in [0.3, 0.4) is 0 Å². The summed E-state index contributed by atoms with van der Waals surface area (Å²) >= 11 is 0. The molecule has 180 valence electrons. The summed E-state index contributed by atoms with van der Waals surface area (Å²) in [7, 11) is -1.07. The van der Waals surface area contributed by atoms with E-state index in [1.165, 1.54) is 50.6 Å². The van der Waals surface area contributed by atoms with Gasteiger partial charge in [-0.3, -0.25) is 9.10 Å². The van der Waals surface area contributed by atoms with E-state index in [9.17, 15) is 26.4 Å². The number of halogens is 3. The fraction of sp³-hybridized carbons (Fsp3) is 0.208. The normalized spacial score (nSPS) is 12.6. The van der Waals surface area contributed by atoms with Crippen LogP contribution in [0.1, 0.15) is 34.5 Å². The third-order valence-electron chi connectivity index (χ3n) is 5.28. The van der Waals surface area contributed by atoms with Crippen molar-refractivity contribution in [2.45, 2.75) is 24.0 Å². The smallest absolute Gasteiger partial charge is 0.416 e. The van der Waals surface area contributed by atoms with E-state index in [-0.39, 0.29) is 10.5 Å². The number of sulfonamides is 1. The Bertz CT molecular complexity index is 1260. The molecule has 0 heterocycles. The first-order chi connectivity index (χ1) is 15.9. The van der Waals surface area contributed by atoms with Crippen LogP contribution in [0.2, 0.25) is 0 Å². The molecule has 0 aliphatic rings. The van der Waals surface area contributed by atoms with Crippen molar-refractivity contribution in [2.75, 3.05) is 18.5 Å². The van der Waals surface area contributed by atoms with Crippen molar-refractivity contribution in [3.05, 3.63) is 89.5 Å². The van der Waals surface area contributed by atoms with Gasteiger partial charge in [0, 0.05) is 12.6 Å². The molecular formula is C24H23F3N2O4S. The Morgan fingerprint density at radius 1 is 0.971 bits per heavy atom. The van der Waals surface area contributed by atoms with Crippen LogP contribution < -0.4 is 14.4 Å². The lowest BCUT2D eigenvalue weighted by molar-refractivity contribution is -0.137. The highest BCUT2D eigenvalue weighted by Crippen LogP contribution is 2.31. The van der Waals surface area contributed by atoms with Crippen LogP contribution >= 0.6 is 0 Å². The molecule has 3 rings (SSSR count). The van der Waals surface area contributed by atoms with Gasteiger partial charge in [0.1, 0.15) is 5.75 Å². The first kappa shape index (κ1) is 25.1. The van der Waals surface area contributed by atoms with Crippen LogP contribution in [0.5, 0.6) is 5.75 Å². The summed E-state index contributed by atoms with van der Waals surface area (Å²) in [5.74, 6) is -0.101. The number of carbonyl (C=O) groups is 1. The molecule has 0 aromatic heterocycles. The summed E-state index contributed by atoms with van der Waals surface area (Å²) in [6, 6.07) is 16.0. The second-order valence-corrected chi connectivity index (χ2v) is 9.45. The minimum atomic E-state index is -4.44. The molecule has 34 heavy (non-hydrogen) atoms. The number of rotatable bonds is 7. The highest BCUT2D eigenvalue weighted by atomic mass is 32.2. The number of ether oxygens (including phenoxy) is 1. The molecule has 6 nitrogen and oxygen atoms in total. The van der Waals surface area contributed by atoms with Crippen molar-refractivity contribution in [1.82, 2.24) is 5.32 Å². The van der Waals surface area contributed by atoms with Gasteiger partial charge >= 0.3 is 6.18 Å². The lowest BCUT2D eigenvalue weighted by Crippen LogP contribution is -2.28.